The molecule has 1 N–H and O–H groups in total. The van der Waals surface area contributed by atoms with Crippen LogP contribution in [0.15, 0.2) is 18.2 Å². The first-order valence-electron chi connectivity index (χ1n) is 5.72. The molecule has 2 nitrogen and oxygen atoms in total. The summed E-state index contributed by atoms with van der Waals surface area (Å²) in [7, 11) is 0. The molecule has 0 atom stereocenters. The summed E-state index contributed by atoms with van der Waals surface area (Å²) in [4.78, 5) is 11.9. The molecular weight excluding hydrogens is 254 g/mol. The van der Waals surface area contributed by atoms with Gasteiger partial charge in [-0.15, -0.1) is 0 Å². The minimum Gasteiger partial charge on any atom is -0.326 e. The lowest BCUT2D eigenvalue weighted by atomic mass is 10.0. The molecule has 17 heavy (non-hydrogen) atoms. The fourth-order valence-corrected chi connectivity index (χ4v) is 2.52. The van der Waals surface area contributed by atoms with Crippen LogP contribution in [0.2, 0.25) is 5.02 Å². The van der Waals surface area contributed by atoms with E-state index < -0.39 is 0 Å². The Bertz CT molecular complexity index is 443. The van der Waals surface area contributed by atoms with Crippen LogP contribution in [0.4, 0.5) is 5.69 Å². The first kappa shape index (κ1) is 12.8. The monoisotopic (exact) mass is 269 g/mol. The van der Waals surface area contributed by atoms with E-state index in [4.69, 9.17) is 11.6 Å². The summed E-state index contributed by atoms with van der Waals surface area (Å²) < 4.78 is 0. The van der Waals surface area contributed by atoms with Gasteiger partial charge in [-0.2, -0.15) is 12.6 Å². The summed E-state index contributed by atoms with van der Waals surface area (Å²) in [6.07, 6.45) is 2.80. The van der Waals surface area contributed by atoms with Crippen molar-refractivity contribution in [3.63, 3.8) is 0 Å². The molecule has 0 unspecified atom stereocenters. The molecule has 1 saturated carbocycles. The van der Waals surface area contributed by atoms with Crippen LogP contribution in [0.5, 0.6) is 0 Å². The summed E-state index contributed by atoms with van der Waals surface area (Å²) >= 11 is 10.2. The molecule has 0 spiro atoms. The van der Waals surface area contributed by atoms with E-state index in [0.717, 1.165) is 29.8 Å². The molecule has 1 aliphatic rings. The van der Waals surface area contributed by atoms with E-state index in [9.17, 15) is 4.79 Å². The Hall–Kier alpha value is -0.670. The van der Waals surface area contributed by atoms with Crippen LogP contribution < -0.4 is 5.32 Å². The van der Waals surface area contributed by atoms with Crippen LogP contribution in [-0.2, 0) is 4.79 Å². The largest absolute Gasteiger partial charge is 0.326 e. The number of hydrogen-bond acceptors (Lipinski definition) is 2. The highest BCUT2D eigenvalue weighted by Gasteiger charge is 2.42. The van der Waals surface area contributed by atoms with E-state index in [1.54, 1.807) is 6.07 Å². The molecule has 0 saturated heterocycles. The maximum absolute atomic E-state index is 11.9. The number of amides is 1. The number of thiol groups is 1. The van der Waals surface area contributed by atoms with Gasteiger partial charge >= 0.3 is 0 Å². The van der Waals surface area contributed by atoms with Crippen LogP contribution >= 0.6 is 24.2 Å². The molecule has 0 bridgehead atoms. The van der Waals surface area contributed by atoms with Gasteiger partial charge in [0, 0.05) is 17.1 Å². The molecule has 92 valence electrons. The first-order chi connectivity index (χ1) is 8.04. The smallest absolute Gasteiger partial charge is 0.224 e. The molecule has 0 aliphatic heterocycles. The molecule has 1 amide bonds. The van der Waals surface area contributed by atoms with E-state index in [1.807, 2.05) is 19.1 Å². The number of rotatable bonds is 4. The van der Waals surface area contributed by atoms with Crippen molar-refractivity contribution in [3.05, 3.63) is 28.8 Å². The van der Waals surface area contributed by atoms with Crippen molar-refractivity contribution in [1.82, 2.24) is 0 Å². The zero-order valence-electron chi connectivity index (χ0n) is 9.79. The molecule has 1 aromatic carbocycles. The van der Waals surface area contributed by atoms with Crippen molar-refractivity contribution in [1.29, 1.82) is 0 Å². The molecular formula is C13H16ClNOS. The van der Waals surface area contributed by atoms with Gasteiger partial charge in [0.15, 0.2) is 0 Å². The van der Waals surface area contributed by atoms with Gasteiger partial charge < -0.3 is 5.32 Å². The predicted molar refractivity (Wildman–Crippen MR) is 75.0 cm³/mol. The van der Waals surface area contributed by atoms with E-state index in [0.29, 0.717) is 11.4 Å². The number of carbonyl (C=O) groups excluding carboxylic acids is 1. The van der Waals surface area contributed by atoms with Gasteiger partial charge in [0.2, 0.25) is 5.91 Å². The fourth-order valence-electron chi connectivity index (χ4n) is 1.87. The van der Waals surface area contributed by atoms with Crippen molar-refractivity contribution < 1.29 is 4.79 Å². The second kappa shape index (κ2) is 4.91. The Morgan fingerprint density at radius 2 is 2.24 bits per heavy atom. The van der Waals surface area contributed by atoms with Crippen molar-refractivity contribution >= 4 is 35.8 Å². The highest BCUT2D eigenvalue weighted by atomic mass is 35.5. The highest BCUT2D eigenvalue weighted by molar-refractivity contribution is 7.80. The fraction of sp³-hybridized carbons (Fsp3) is 0.462. The van der Waals surface area contributed by atoms with Gasteiger partial charge in [-0.05, 0) is 54.7 Å². The van der Waals surface area contributed by atoms with Crippen molar-refractivity contribution in [2.24, 2.45) is 5.41 Å². The number of nitrogens with one attached hydrogen (secondary N) is 1. The minimum absolute atomic E-state index is 0.0713. The van der Waals surface area contributed by atoms with Crippen LogP contribution in [0, 0.1) is 12.3 Å². The number of hydrogen-bond donors (Lipinski definition) is 2. The summed E-state index contributed by atoms with van der Waals surface area (Å²) in [5, 5.41) is 3.63. The summed E-state index contributed by atoms with van der Waals surface area (Å²) in [5.41, 5.74) is 1.99. The lowest BCUT2D eigenvalue weighted by Gasteiger charge is -2.13. The number of anilines is 1. The van der Waals surface area contributed by atoms with E-state index in [1.165, 1.54) is 0 Å². The van der Waals surface area contributed by atoms with Crippen LogP contribution in [0.25, 0.3) is 0 Å². The quantitative estimate of drug-likeness (QED) is 0.802. The van der Waals surface area contributed by atoms with Gasteiger partial charge in [0.1, 0.15) is 0 Å². The Balaban J connectivity index is 1.98. The third-order valence-corrected chi connectivity index (χ3v) is 4.20. The Kier molecular flexibility index (Phi) is 3.69. The lowest BCUT2D eigenvalue weighted by Crippen LogP contribution is -2.18. The zero-order valence-corrected chi connectivity index (χ0v) is 11.4. The van der Waals surface area contributed by atoms with Crippen LogP contribution in [0.1, 0.15) is 24.8 Å². The number of benzene rings is 1. The third kappa shape index (κ3) is 3.17. The third-order valence-electron chi connectivity index (χ3n) is 3.29. The second-order valence-corrected chi connectivity index (χ2v) is 5.59. The van der Waals surface area contributed by atoms with Gasteiger partial charge in [-0.3, -0.25) is 4.79 Å². The normalized spacial score (nSPS) is 16.6. The SMILES string of the molecule is Cc1cc(Cl)ccc1NC(=O)CC1(CS)CC1. The molecule has 0 heterocycles. The zero-order chi connectivity index (χ0) is 12.5. The van der Waals surface area contributed by atoms with Gasteiger partial charge in [-0.25, -0.2) is 0 Å². The van der Waals surface area contributed by atoms with Crippen LogP contribution in [0.3, 0.4) is 0 Å². The number of aryl methyl sites for hydroxylation is 1. The number of halogens is 1. The van der Waals surface area contributed by atoms with Gasteiger partial charge in [0.05, 0.1) is 0 Å². The Morgan fingerprint density at radius 1 is 1.53 bits per heavy atom. The van der Waals surface area contributed by atoms with Gasteiger partial charge in [-0.1, -0.05) is 11.6 Å². The predicted octanol–water partition coefficient (Wildman–Crippen LogP) is 3.69. The van der Waals surface area contributed by atoms with Crippen molar-refractivity contribution in [3.8, 4) is 0 Å². The topological polar surface area (TPSA) is 29.1 Å². The van der Waals surface area contributed by atoms with E-state index in [-0.39, 0.29) is 11.3 Å². The number of carbonyl (C=O) groups is 1. The van der Waals surface area contributed by atoms with Gasteiger partial charge in [0.25, 0.3) is 0 Å². The van der Waals surface area contributed by atoms with E-state index >= 15 is 0 Å². The second-order valence-electron chi connectivity index (χ2n) is 4.84. The average Bonchev–Trinajstić information content (AvgIpc) is 3.03. The molecule has 4 heteroatoms. The first-order valence-corrected chi connectivity index (χ1v) is 6.73. The molecule has 0 aromatic heterocycles. The summed E-state index contributed by atoms with van der Waals surface area (Å²) in [5.74, 6) is 0.863. The maximum atomic E-state index is 11.9. The molecule has 1 aliphatic carbocycles. The van der Waals surface area contributed by atoms with Crippen LogP contribution in [-0.4, -0.2) is 11.7 Å². The molecule has 2 rings (SSSR count). The Morgan fingerprint density at radius 3 is 2.76 bits per heavy atom. The average molecular weight is 270 g/mol. The van der Waals surface area contributed by atoms with Crippen molar-refractivity contribution in [2.75, 3.05) is 11.1 Å². The Labute approximate surface area is 112 Å². The summed E-state index contributed by atoms with van der Waals surface area (Å²) in [6.45, 7) is 1.94. The van der Waals surface area contributed by atoms with E-state index in [2.05, 4.69) is 17.9 Å². The maximum Gasteiger partial charge on any atom is 0.224 e. The molecule has 0 radical (unpaired) electrons. The van der Waals surface area contributed by atoms with Crippen molar-refractivity contribution in [2.45, 2.75) is 26.2 Å². The molecule has 1 fully saturated rings. The minimum atomic E-state index is 0.0713. The standard InChI is InChI=1S/C13H16ClNOS/c1-9-6-10(14)2-3-11(9)15-12(16)7-13(8-17)4-5-13/h2-3,6,17H,4-5,7-8H2,1H3,(H,15,16). The lowest BCUT2D eigenvalue weighted by molar-refractivity contribution is -0.117. The highest BCUT2D eigenvalue weighted by Crippen LogP contribution is 2.49. The molecule has 1 aromatic rings. The summed E-state index contributed by atoms with van der Waals surface area (Å²) in [6, 6.07) is 5.48.